The number of rotatable bonds is 7. The summed E-state index contributed by atoms with van der Waals surface area (Å²) >= 11 is 0. The molecule has 1 rings (SSSR count). The van der Waals surface area contributed by atoms with Gasteiger partial charge in [0.15, 0.2) is 0 Å². The van der Waals surface area contributed by atoms with Crippen molar-refractivity contribution in [2.75, 3.05) is 19.6 Å². The van der Waals surface area contributed by atoms with Crippen LogP contribution in [0.1, 0.15) is 58.8 Å². The molecular weight excluding hydrogens is 212 g/mol. The molecule has 100 valence electrons. The summed E-state index contributed by atoms with van der Waals surface area (Å²) in [6, 6.07) is 0.715. The molecular formula is C14H28N2O. The Balaban J connectivity index is 2.17. The van der Waals surface area contributed by atoms with Gasteiger partial charge in [-0.2, -0.15) is 0 Å². The first kappa shape index (κ1) is 14.5. The number of nitrogens with zero attached hydrogens (tertiary/aromatic N) is 1. The molecule has 0 aliphatic carbocycles. The van der Waals surface area contributed by atoms with Crippen molar-refractivity contribution in [1.29, 1.82) is 0 Å². The summed E-state index contributed by atoms with van der Waals surface area (Å²) in [6.45, 7) is 7.36. The molecule has 1 aliphatic heterocycles. The molecule has 0 saturated carbocycles. The standard InChI is InChI=1S/C14H28N2O/c1-3-5-10-15-14(17)9-12-16-11-7-6-8-13(16)4-2/h13H,3-12H2,1-2H3,(H,15,17). The molecule has 0 aromatic heterocycles. The lowest BCUT2D eigenvalue weighted by molar-refractivity contribution is -0.121. The number of hydrogen-bond donors (Lipinski definition) is 1. The fourth-order valence-electron chi connectivity index (χ4n) is 2.55. The van der Waals surface area contributed by atoms with E-state index in [0.717, 1.165) is 25.9 Å². The lowest BCUT2D eigenvalue weighted by atomic mass is 10.00. The minimum atomic E-state index is 0.221. The lowest BCUT2D eigenvalue weighted by Crippen LogP contribution is -2.41. The van der Waals surface area contributed by atoms with E-state index >= 15 is 0 Å². The number of amides is 1. The molecule has 3 nitrogen and oxygen atoms in total. The van der Waals surface area contributed by atoms with Gasteiger partial charge in [-0.15, -0.1) is 0 Å². The Morgan fingerprint density at radius 2 is 2.18 bits per heavy atom. The zero-order valence-corrected chi connectivity index (χ0v) is 11.5. The number of carbonyl (C=O) groups excluding carboxylic acids is 1. The highest BCUT2D eigenvalue weighted by molar-refractivity contribution is 5.75. The SMILES string of the molecule is CCCCNC(=O)CCN1CCCCC1CC. The van der Waals surface area contributed by atoms with Gasteiger partial charge in [-0.05, 0) is 32.2 Å². The van der Waals surface area contributed by atoms with Crippen molar-refractivity contribution in [3.8, 4) is 0 Å². The third-order valence-electron chi connectivity index (χ3n) is 3.70. The third kappa shape index (κ3) is 5.53. The Labute approximate surface area is 106 Å². The fourth-order valence-corrected chi connectivity index (χ4v) is 2.55. The van der Waals surface area contributed by atoms with E-state index in [-0.39, 0.29) is 5.91 Å². The van der Waals surface area contributed by atoms with Gasteiger partial charge in [-0.3, -0.25) is 9.69 Å². The van der Waals surface area contributed by atoms with Crippen LogP contribution in [0.5, 0.6) is 0 Å². The summed E-state index contributed by atoms with van der Waals surface area (Å²) in [5, 5.41) is 2.99. The van der Waals surface area contributed by atoms with E-state index in [9.17, 15) is 4.79 Å². The van der Waals surface area contributed by atoms with E-state index in [0.29, 0.717) is 12.5 Å². The normalized spacial score (nSPS) is 21.4. The molecule has 0 bridgehead atoms. The Bertz CT molecular complexity index is 218. The maximum Gasteiger partial charge on any atom is 0.221 e. The van der Waals surface area contributed by atoms with E-state index in [2.05, 4.69) is 24.1 Å². The van der Waals surface area contributed by atoms with Gasteiger partial charge in [0.1, 0.15) is 0 Å². The number of nitrogens with one attached hydrogen (secondary N) is 1. The van der Waals surface area contributed by atoms with Gasteiger partial charge in [-0.25, -0.2) is 0 Å². The number of piperidine rings is 1. The molecule has 1 saturated heterocycles. The Morgan fingerprint density at radius 1 is 1.35 bits per heavy atom. The summed E-state index contributed by atoms with van der Waals surface area (Å²) in [5.41, 5.74) is 0. The summed E-state index contributed by atoms with van der Waals surface area (Å²) in [7, 11) is 0. The molecule has 1 aliphatic rings. The topological polar surface area (TPSA) is 32.3 Å². The largest absolute Gasteiger partial charge is 0.356 e. The molecule has 1 N–H and O–H groups in total. The van der Waals surface area contributed by atoms with Gasteiger partial charge < -0.3 is 5.32 Å². The van der Waals surface area contributed by atoms with Crippen LogP contribution in [-0.2, 0) is 4.79 Å². The molecule has 0 spiro atoms. The number of hydrogen-bond acceptors (Lipinski definition) is 2. The van der Waals surface area contributed by atoms with Crippen molar-refractivity contribution in [2.24, 2.45) is 0 Å². The Hall–Kier alpha value is -0.570. The van der Waals surface area contributed by atoms with Gasteiger partial charge in [0, 0.05) is 25.6 Å². The first-order chi connectivity index (χ1) is 8.27. The van der Waals surface area contributed by atoms with Gasteiger partial charge in [0.25, 0.3) is 0 Å². The number of carbonyl (C=O) groups is 1. The first-order valence-electron chi connectivity index (χ1n) is 7.28. The second-order valence-electron chi connectivity index (χ2n) is 5.05. The minimum absolute atomic E-state index is 0.221. The molecule has 17 heavy (non-hydrogen) atoms. The molecule has 1 heterocycles. The Morgan fingerprint density at radius 3 is 2.88 bits per heavy atom. The van der Waals surface area contributed by atoms with Crippen LogP contribution in [0.3, 0.4) is 0 Å². The Kier molecular flexibility index (Phi) is 7.25. The van der Waals surface area contributed by atoms with Crippen molar-refractivity contribution in [2.45, 2.75) is 64.8 Å². The quantitative estimate of drug-likeness (QED) is 0.694. The van der Waals surface area contributed by atoms with Gasteiger partial charge in [-0.1, -0.05) is 26.7 Å². The summed E-state index contributed by atoms with van der Waals surface area (Å²) < 4.78 is 0. The molecule has 1 unspecified atom stereocenters. The highest BCUT2D eigenvalue weighted by atomic mass is 16.1. The van der Waals surface area contributed by atoms with Crippen LogP contribution in [0.4, 0.5) is 0 Å². The molecule has 0 aromatic carbocycles. The van der Waals surface area contributed by atoms with Crippen LogP contribution in [-0.4, -0.2) is 36.5 Å². The summed E-state index contributed by atoms with van der Waals surface area (Å²) in [6.07, 6.45) is 8.09. The van der Waals surface area contributed by atoms with Crippen LogP contribution >= 0.6 is 0 Å². The highest BCUT2D eigenvalue weighted by Crippen LogP contribution is 2.19. The van der Waals surface area contributed by atoms with E-state index in [1.165, 1.54) is 32.2 Å². The van der Waals surface area contributed by atoms with Crippen LogP contribution in [0.25, 0.3) is 0 Å². The van der Waals surface area contributed by atoms with Crippen LogP contribution < -0.4 is 5.32 Å². The van der Waals surface area contributed by atoms with E-state index in [4.69, 9.17) is 0 Å². The second kappa shape index (κ2) is 8.51. The van der Waals surface area contributed by atoms with Gasteiger partial charge >= 0.3 is 0 Å². The van der Waals surface area contributed by atoms with Crippen molar-refractivity contribution >= 4 is 5.91 Å². The highest BCUT2D eigenvalue weighted by Gasteiger charge is 2.20. The minimum Gasteiger partial charge on any atom is -0.356 e. The van der Waals surface area contributed by atoms with Crippen molar-refractivity contribution < 1.29 is 4.79 Å². The zero-order chi connectivity index (χ0) is 12.5. The first-order valence-corrected chi connectivity index (χ1v) is 7.28. The second-order valence-corrected chi connectivity index (χ2v) is 5.05. The lowest BCUT2D eigenvalue weighted by Gasteiger charge is -2.35. The maximum atomic E-state index is 11.6. The predicted octanol–water partition coefficient (Wildman–Crippen LogP) is 2.56. The van der Waals surface area contributed by atoms with Gasteiger partial charge in [0.2, 0.25) is 5.91 Å². The molecule has 1 amide bonds. The number of likely N-dealkylation sites (tertiary alicyclic amines) is 1. The van der Waals surface area contributed by atoms with E-state index in [1.807, 2.05) is 0 Å². The van der Waals surface area contributed by atoms with Crippen LogP contribution in [0.15, 0.2) is 0 Å². The fraction of sp³-hybridized carbons (Fsp3) is 0.929. The van der Waals surface area contributed by atoms with Crippen molar-refractivity contribution in [3.63, 3.8) is 0 Å². The maximum absolute atomic E-state index is 11.6. The summed E-state index contributed by atoms with van der Waals surface area (Å²) in [4.78, 5) is 14.1. The van der Waals surface area contributed by atoms with Gasteiger partial charge in [0.05, 0.1) is 0 Å². The zero-order valence-electron chi connectivity index (χ0n) is 11.5. The van der Waals surface area contributed by atoms with Crippen LogP contribution in [0.2, 0.25) is 0 Å². The molecule has 0 radical (unpaired) electrons. The van der Waals surface area contributed by atoms with Crippen molar-refractivity contribution in [1.82, 2.24) is 10.2 Å². The average molecular weight is 240 g/mol. The third-order valence-corrected chi connectivity index (χ3v) is 3.70. The average Bonchev–Trinajstić information content (AvgIpc) is 2.37. The molecule has 1 atom stereocenters. The van der Waals surface area contributed by atoms with Crippen molar-refractivity contribution in [3.05, 3.63) is 0 Å². The summed E-state index contributed by atoms with van der Waals surface area (Å²) in [5.74, 6) is 0.221. The predicted molar refractivity (Wildman–Crippen MR) is 72.0 cm³/mol. The molecule has 3 heteroatoms. The monoisotopic (exact) mass is 240 g/mol. The van der Waals surface area contributed by atoms with E-state index < -0.39 is 0 Å². The molecule has 1 fully saturated rings. The molecule has 0 aromatic rings. The van der Waals surface area contributed by atoms with E-state index in [1.54, 1.807) is 0 Å². The smallest absolute Gasteiger partial charge is 0.221 e. The van der Waals surface area contributed by atoms with Crippen LogP contribution in [0, 0.1) is 0 Å². The number of unbranched alkanes of at least 4 members (excludes halogenated alkanes) is 1.